The number of halogens is 1. The van der Waals surface area contributed by atoms with Crippen molar-refractivity contribution in [2.45, 2.75) is 32.6 Å². The third kappa shape index (κ3) is 3.01. The van der Waals surface area contributed by atoms with E-state index in [1.54, 1.807) is 6.20 Å². The van der Waals surface area contributed by atoms with Crippen molar-refractivity contribution in [2.24, 2.45) is 0 Å². The summed E-state index contributed by atoms with van der Waals surface area (Å²) in [6, 6.07) is 11.7. The van der Waals surface area contributed by atoms with Crippen molar-refractivity contribution in [3.05, 3.63) is 93.6 Å². The number of pyridine rings is 1. The highest BCUT2D eigenvalue weighted by Gasteiger charge is 2.28. The molecule has 0 saturated carbocycles. The molecule has 158 valence electrons. The molecule has 6 rings (SSSR count). The van der Waals surface area contributed by atoms with Gasteiger partial charge in [0.15, 0.2) is 5.78 Å². The van der Waals surface area contributed by atoms with E-state index in [1.807, 2.05) is 31.2 Å². The summed E-state index contributed by atoms with van der Waals surface area (Å²) in [7, 11) is 0. The van der Waals surface area contributed by atoms with Gasteiger partial charge >= 0.3 is 0 Å². The molecule has 0 atom stereocenters. The molecule has 1 aliphatic heterocycles. The van der Waals surface area contributed by atoms with E-state index in [0.29, 0.717) is 11.1 Å². The molecule has 0 spiro atoms. The van der Waals surface area contributed by atoms with Crippen LogP contribution in [0.15, 0.2) is 54.2 Å². The van der Waals surface area contributed by atoms with Crippen LogP contribution in [0.5, 0.6) is 0 Å². The molecule has 32 heavy (non-hydrogen) atoms. The summed E-state index contributed by atoms with van der Waals surface area (Å²) < 4.78 is 15.2. The summed E-state index contributed by atoms with van der Waals surface area (Å²) in [5.41, 5.74) is 10.2. The van der Waals surface area contributed by atoms with Crippen LogP contribution in [0.2, 0.25) is 0 Å². The predicted molar refractivity (Wildman–Crippen MR) is 126 cm³/mol. The fourth-order valence-corrected chi connectivity index (χ4v) is 5.20. The van der Waals surface area contributed by atoms with Gasteiger partial charge in [-0.15, -0.1) is 0 Å². The normalized spacial score (nSPS) is 17.6. The van der Waals surface area contributed by atoms with Crippen LogP contribution in [-0.4, -0.2) is 17.3 Å². The maximum absolute atomic E-state index is 15.2. The quantitative estimate of drug-likeness (QED) is 0.539. The standard InChI is InChI=1S/C28H23FN2O/c1-16-24(15-31-26-7-4-8-30-28(16)26)22-14-21-20(12-25(22)29)13-27(32)23(21)11-17-9-18-5-2-3-6-19(18)10-17/h2-3,5-6,9,11-12,14-15,30H,4,7-8,10,13H2,1H3/b23-11-. The van der Waals surface area contributed by atoms with Gasteiger partial charge in [-0.2, -0.15) is 0 Å². The number of benzene rings is 2. The summed E-state index contributed by atoms with van der Waals surface area (Å²) in [6.07, 6.45) is 8.98. The molecule has 0 saturated heterocycles. The second kappa shape index (κ2) is 7.27. The molecule has 3 aromatic rings. The first-order chi connectivity index (χ1) is 15.6. The first-order valence-electron chi connectivity index (χ1n) is 11.2. The lowest BCUT2D eigenvalue weighted by Gasteiger charge is -2.21. The lowest BCUT2D eigenvalue weighted by molar-refractivity contribution is -0.112. The van der Waals surface area contributed by atoms with E-state index in [0.717, 1.165) is 65.0 Å². The number of nitrogens with one attached hydrogen (secondary N) is 1. The van der Waals surface area contributed by atoms with Gasteiger partial charge in [-0.05, 0) is 77.8 Å². The minimum Gasteiger partial charge on any atom is -0.383 e. The Hall–Kier alpha value is -3.53. The number of aromatic nitrogens is 1. The number of allylic oxidation sites excluding steroid dienone is 3. The van der Waals surface area contributed by atoms with Gasteiger partial charge in [-0.25, -0.2) is 4.39 Å². The summed E-state index contributed by atoms with van der Waals surface area (Å²) >= 11 is 0. The Bertz CT molecular complexity index is 1370. The largest absolute Gasteiger partial charge is 0.383 e. The van der Waals surface area contributed by atoms with Gasteiger partial charge < -0.3 is 5.32 Å². The van der Waals surface area contributed by atoms with Crippen LogP contribution in [0.25, 0.3) is 22.8 Å². The highest BCUT2D eigenvalue weighted by molar-refractivity contribution is 6.26. The number of Topliss-reactive ketones (excluding diaryl/α,β-unsaturated/α-hetero) is 1. The summed E-state index contributed by atoms with van der Waals surface area (Å²) in [5.74, 6) is -0.249. The van der Waals surface area contributed by atoms with E-state index in [2.05, 4.69) is 28.5 Å². The molecular formula is C28H23FN2O. The van der Waals surface area contributed by atoms with Gasteiger partial charge in [-0.3, -0.25) is 9.78 Å². The molecule has 2 heterocycles. The molecule has 0 amide bonds. The third-order valence-electron chi connectivity index (χ3n) is 6.85. The summed E-state index contributed by atoms with van der Waals surface area (Å²) in [6.45, 7) is 2.92. The van der Waals surface area contributed by atoms with E-state index in [1.165, 1.54) is 17.2 Å². The smallest absolute Gasteiger partial charge is 0.167 e. The minimum atomic E-state index is -0.300. The zero-order valence-electron chi connectivity index (χ0n) is 18.0. The molecular weight excluding hydrogens is 399 g/mol. The number of hydrogen-bond acceptors (Lipinski definition) is 3. The maximum Gasteiger partial charge on any atom is 0.167 e. The van der Waals surface area contributed by atoms with Crippen molar-refractivity contribution < 1.29 is 9.18 Å². The van der Waals surface area contributed by atoms with Crippen LogP contribution >= 0.6 is 0 Å². The minimum absolute atomic E-state index is 0.0513. The van der Waals surface area contributed by atoms with E-state index < -0.39 is 0 Å². The summed E-state index contributed by atoms with van der Waals surface area (Å²) in [4.78, 5) is 17.5. The monoisotopic (exact) mass is 422 g/mol. The van der Waals surface area contributed by atoms with Gasteiger partial charge in [0.05, 0.1) is 11.4 Å². The number of carbonyl (C=O) groups excluding carboxylic acids is 1. The lowest BCUT2D eigenvalue weighted by Crippen LogP contribution is -2.15. The molecule has 0 bridgehead atoms. The third-order valence-corrected chi connectivity index (χ3v) is 6.85. The molecule has 1 N–H and O–H groups in total. The number of ketones is 1. The number of carbonyl (C=O) groups is 1. The van der Waals surface area contributed by atoms with Crippen molar-refractivity contribution in [2.75, 3.05) is 11.9 Å². The molecule has 3 aliphatic rings. The van der Waals surface area contributed by atoms with E-state index >= 15 is 4.39 Å². The SMILES string of the molecule is Cc1c(-c2cc3c(cc2F)CC(=O)/C3=C\C2=Cc3ccccc3C2)cnc2c1NCCC2. The van der Waals surface area contributed by atoms with Crippen LogP contribution in [0.1, 0.15) is 39.9 Å². The second-order valence-corrected chi connectivity index (χ2v) is 8.89. The molecule has 0 fully saturated rings. The highest BCUT2D eigenvalue weighted by atomic mass is 19.1. The zero-order valence-corrected chi connectivity index (χ0v) is 18.0. The lowest BCUT2D eigenvalue weighted by atomic mass is 9.94. The van der Waals surface area contributed by atoms with Gasteiger partial charge in [0.2, 0.25) is 0 Å². The molecule has 1 aromatic heterocycles. The molecule has 0 unspecified atom stereocenters. The number of rotatable bonds is 2. The van der Waals surface area contributed by atoms with Crippen molar-refractivity contribution in [3.63, 3.8) is 0 Å². The number of nitrogens with zero attached hydrogens (tertiary/aromatic N) is 1. The van der Waals surface area contributed by atoms with E-state index in [4.69, 9.17) is 0 Å². The predicted octanol–water partition coefficient (Wildman–Crippen LogP) is 5.70. The maximum atomic E-state index is 15.2. The highest BCUT2D eigenvalue weighted by Crippen LogP contribution is 2.39. The Morgan fingerprint density at radius 1 is 1.06 bits per heavy atom. The summed E-state index contributed by atoms with van der Waals surface area (Å²) in [5, 5.41) is 3.43. The van der Waals surface area contributed by atoms with Crippen molar-refractivity contribution >= 4 is 23.1 Å². The first kappa shape index (κ1) is 19.2. The molecule has 2 aromatic carbocycles. The average Bonchev–Trinajstić information content (AvgIpc) is 3.34. The Balaban J connectivity index is 1.44. The Labute approximate surface area is 186 Å². The van der Waals surface area contributed by atoms with Crippen LogP contribution in [0, 0.1) is 12.7 Å². The number of hydrogen-bond donors (Lipinski definition) is 1. The fraction of sp³-hybridized carbons (Fsp3) is 0.214. The van der Waals surface area contributed by atoms with E-state index in [-0.39, 0.29) is 18.0 Å². The van der Waals surface area contributed by atoms with Crippen molar-refractivity contribution in [1.29, 1.82) is 0 Å². The topological polar surface area (TPSA) is 42.0 Å². The Morgan fingerprint density at radius 2 is 1.94 bits per heavy atom. The number of aryl methyl sites for hydroxylation is 1. The number of fused-ring (bicyclic) bond motifs is 3. The average molecular weight is 423 g/mol. The van der Waals surface area contributed by atoms with E-state index in [9.17, 15) is 4.79 Å². The molecule has 4 heteroatoms. The Morgan fingerprint density at radius 3 is 2.81 bits per heavy atom. The van der Waals surface area contributed by atoms with Crippen LogP contribution in [0.4, 0.5) is 10.1 Å². The van der Waals surface area contributed by atoms with Crippen molar-refractivity contribution in [3.8, 4) is 11.1 Å². The van der Waals surface area contributed by atoms with Gasteiger partial charge in [0.25, 0.3) is 0 Å². The fourth-order valence-electron chi connectivity index (χ4n) is 5.20. The first-order valence-corrected chi connectivity index (χ1v) is 11.2. The number of anilines is 1. The van der Waals surface area contributed by atoms with Gasteiger partial charge in [0, 0.05) is 35.9 Å². The van der Waals surface area contributed by atoms with Gasteiger partial charge in [0.1, 0.15) is 5.82 Å². The van der Waals surface area contributed by atoms with Crippen LogP contribution < -0.4 is 5.32 Å². The van der Waals surface area contributed by atoms with Gasteiger partial charge in [-0.1, -0.05) is 30.3 Å². The Kier molecular flexibility index (Phi) is 4.35. The molecule has 2 aliphatic carbocycles. The zero-order chi connectivity index (χ0) is 21.8. The molecule has 3 nitrogen and oxygen atoms in total. The van der Waals surface area contributed by atoms with Crippen LogP contribution in [0.3, 0.4) is 0 Å². The van der Waals surface area contributed by atoms with Crippen LogP contribution in [-0.2, 0) is 24.1 Å². The molecule has 0 radical (unpaired) electrons. The second-order valence-electron chi connectivity index (χ2n) is 8.89. The van der Waals surface area contributed by atoms with Crippen molar-refractivity contribution in [1.82, 2.24) is 4.98 Å².